The van der Waals surface area contributed by atoms with Crippen molar-refractivity contribution in [2.45, 2.75) is 19.9 Å². The molecule has 4 nitrogen and oxygen atoms in total. The van der Waals surface area contributed by atoms with Gasteiger partial charge in [0.2, 0.25) is 0 Å². The molecule has 13 heavy (non-hydrogen) atoms. The summed E-state index contributed by atoms with van der Waals surface area (Å²) < 4.78 is 7.10. The van der Waals surface area contributed by atoms with E-state index in [4.69, 9.17) is 10.5 Å². The zero-order chi connectivity index (χ0) is 8.81. The number of aromatic nitrogens is 2. The van der Waals surface area contributed by atoms with Crippen molar-refractivity contribution >= 4 is 12.4 Å². The van der Waals surface area contributed by atoms with Gasteiger partial charge in [0.15, 0.2) is 5.75 Å². The summed E-state index contributed by atoms with van der Waals surface area (Å²) in [5.41, 5.74) is 5.37. The van der Waals surface area contributed by atoms with E-state index in [2.05, 4.69) is 5.10 Å². The number of ether oxygens (including phenoxy) is 1. The van der Waals surface area contributed by atoms with Crippen LogP contribution in [0.4, 0.5) is 0 Å². The largest absolute Gasteiger partial charge is 0.491 e. The molecule has 0 fully saturated rings. The molecule has 0 aliphatic heterocycles. The number of hydrogen-bond donors (Lipinski definition) is 1. The molecule has 0 atom stereocenters. The molecule has 1 heterocycles. The molecule has 0 aromatic carbocycles. The van der Waals surface area contributed by atoms with Crippen molar-refractivity contribution in [1.29, 1.82) is 0 Å². The van der Waals surface area contributed by atoms with Gasteiger partial charge in [-0.2, -0.15) is 5.10 Å². The second-order valence-electron chi connectivity index (χ2n) is 2.51. The molecule has 2 N–H and O–H groups in total. The molecule has 0 aliphatic carbocycles. The van der Waals surface area contributed by atoms with Gasteiger partial charge >= 0.3 is 0 Å². The van der Waals surface area contributed by atoms with Crippen molar-refractivity contribution < 1.29 is 4.74 Å². The third-order valence-electron chi connectivity index (χ3n) is 1.51. The summed E-state index contributed by atoms with van der Waals surface area (Å²) in [4.78, 5) is 0. The topological polar surface area (TPSA) is 53.1 Å². The van der Waals surface area contributed by atoms with E-state index in [1.54, 1.807) is 6.20 Å². The van der Waals surface area contributed by atoms with Crippen molar-refractivity contribution in [3.8, 4) is 5.75 Å². The predicted octanol–water partition coefficient (Wildman–Crippen LogP) is 1.05. The maximum Gasteiger partial charge on any atom is 0.157 e. The van der Waals surface area contributed by atoms with Crippen LogP contribution in [-0.4, -0.2) is 22.9 Å². The summed E-state index contributed by atoms with van der Waals surface area (Å²) in [6.45, 7) is 4.20. The standard InChI is InChI=1S/C8H15N3O.ClH/c1-2-12-8-6-10-11(7-8)5-3-4-9;/h6-7H,2-5,9H2,1H3;1H. The van der Waals surface area contributed by atoms with Gasteiger partial charge in [-0.1, -0.05) is 0 Å². The Bertz CT molecular complexity index is 227. The van der Waals surface area contributed by atoms with Gasteiger partial charge in [-0.25, -0.2) is 0 Å². The lowest BCUT2D eigenvalue weighted by atomic mass is 10.4. The molecule has 0 saturated heterocycles. The number of hydrogen-bond acceptors (Lipinski definition) is 3. The first-order chi connectivity index (χ1) is 5.86. The highest BCUT2D eigenvalue weighted by Gasteiger charge is 1.96. The van der Waals surface area contributed by atoms with Crippen LogP contribution in [-0.2, 0) is 6.54 Å². The SMILES string of the molecule is CCOc1cnn(CCCN)c1.Cl. The Hall–Kier alpha value is -0.740. The second-order valence-corrected chi connectivity index (χ2v) is 2.51. The Kier molecular flexibility index (Phi) is 6.36. The summed E-state index contributed by atoms with van der Waals surface area (Å²) in [5.74, 6) is 0.828. The van der Waals surface area contributed by atoms with Crippen LogP contribution >= 0.6 is 12.4 Å². The van der Waals surface area contributed by atoms with Crippen LogP contribution in [0.2, 0.25) is 0 Å². The molecule has 0 spiro atoms. The normalized spacial score (nSPS) is 9.38. The summed E-state index contributed by atoms with van der Waals surface area (Å²) >= 11 is 0. The average molecular weight is 206 g/mol. The zero-order valence-electron chi connectivity index (χ0n) is 7.77. The minimum absolute atomic E-state index is 0. The Labute approximate surface area is 84.5 Å². The monoisotopic (exact) mass is 205 g/mol. The zero-order valence-corrected chi connectivity index (χ0v) is 8.59. The molecule has 1 aromatic heterocycles. The fourth-order valence-corrected chi connectivity index (χ4v) is 0.961. The molecule has 0 unspecified atom stereocenters. The molecule has 0 aliphatic rings. The van der Waals surface area contributed by atoms with Gasteiger partial charge in [-0.3, -0.25) is 4.68 Å². The van der Waals surface area contributed by atoms with E-state index in [1.807, 2.05) is 17.8 Å². The van der Waals surface area contributed by atoms with E-state index in [-0.39, 0.29) is 12.4 Å². The molecule has 76 valence electrons. The number of nitrogens with two attached hydrogens (primary N) is 1. The first-order valence-electron chi connectivity index (χ1n) is 4.22. The highest BCUT2D eigenvalue weighted by Crippen LogP contribution is 2.07. The molecule has 0 bridgehead atoms. The fourth-order valence-electron chi connectivity index (χ4n) is 0.961. The lowest BCUT2D eigenvalue weighted by Gasteiger charge is -1.98. The third-order valence-corrected chi connectivity index (χ3v) is 1.51. The number of halogens is 1. The van der Waals surface area contributed by atoms with Crippen molar-refractivity contribution in [2.24, 2.45) is 5.73 Å². The molecular weight excluding hydrogens is 190 g/mol. The molecule has 0 amide bonds. The quantitative estimate of drug-likeness (QED) is 0.782. The molecule has 0 saturated carbocycles. The summed E-state index contributed by atoms with van der Waals surface area (Å²) in [5, 5.41) is 4.11. The predicted molar refractivity (Wildman–Crippen MR) is 54.3 cm³/mol. The van der Waals surface area contributed by atoms with Gasteiger partial charge in [-0.05, 0) is 19.9 Å². The smallest absolute Gasteiger partial charge is 0.157 e. The number of nitrogens with zero attached hydrogens (tertiary/aromatic N) is 2. The van der Waals surface area contributed by atoms with E-state index in [9.17, 15) is 0 Å². The third kappa shape index (κ3) is 4.15. The average Bonchev–Trinajstić information content (AvgIpc) is 2.50. The Morgan fingerprint density at radius 2 is 2.38 bits per heavy atom. The van der Waals surface area contributed by atoms with Crippen LogP contribution < -0.4 is 10.5 Å². The Balaban J connectivity index is 0.00000144. The summed E-state index contributed by atoms with van der Waals surface area (Å²) in [6, 6.07) is 0. The van der Waals surface area contributed by atoms with E-state index in [0.29, 0.717) is 13.2 Å². The van der Waals surface area contributed by atoms with Gasteiger partial charge in [-0.15, -0.1) is 12.4 Å². The maximum absolute atomic E-state index is 5.37. The van der Waals surface area contributed by atoms with Crippen molar-refractivity contribution in [2.75, 3.05) is 13.2 Å². The van der Waals surface area contributed by atoms with Gasteiger partial charge in [0, 0.05) is 6.54 Å². The molecule has 1 rings (SSSR count). The maximum atomic E-state index is 5.37. The van der Waals surface area contributed by atoms with E-state index in [0.717, 1.165) is 18.7 Å². The minimum Gasteiger partial charge on any atom is -0.491 e. The van der Waals surface area contributed by atoms with Gasteiger partial charge in [0.1, 0.15) is 0 Å². The molecule has 5 heteroatoms. The number of rotatable bonds is 5. The second kappa shape index (κ2) is 6.74. The van der Waals surface area contributed by atoms with Crippen molar-refractivity contribution in [3.05, 3.63) is 12.4 Å². The van der Waals surface area contributed by atoms with Crippen LogP contribution in [0.25, 0.3) is 0 Å². The molecule has 1 aromatic rings. The van der Waals surface area contributed by atoms with Crippen LogP contribution in [0, 0.1) is 0 Å². The van der Waals surface area contributed by atoms with E-state index in [1.165, 1.54) is 0 Å². The highest BCUT2D eigenvalue weighted by molar-refractivity contribution is 5.85. The lowest BCUT2D eigenvalue weighted by Crippen LogP contribution is -2.05. The van der Waals surface area contributed by atoms with Gasteiger partial charge < -0.3 is 10.5 Å². The van der Waals surface area contributed by atoms with Crippen LogP contribution in [0.1, 0.15) is 13.3 Å². The highest BCUT2D eigenvalue weighted by atomic mass is 35.5. The van der Waals surface area contributed by atoms with Gasteiger partial charge in [0.25, 0.3) is 0 Å². The molecular formula is C8H16ClN3O. The van der Waals surface area contributed by atoms with Crippen molar-refractivity contribution in [1.82, 2.24) is 9.78 Å². The van der Waals surface area contributed by atoms with Crippen LogP contribution in [0.5, 0.6) is 5.75 Å². The first kappa shape index (κ1) is 12.3. The fraction of sp³-hybridized carbons (Fsp3) is 0.625. The first-order valence-corrected chi connectivity index (χ1v) is 4.22. The lowest BCUT2D eigenvalue weighted by molar-refractivity contribution is 0.339. The minimum atomic E-state index is 0. The van der Waals surface area contributed by atoms with Crippen LogP contribution in [0.15, 0.2) is 12.4 Å². The summed E-state index contributed by atoms with van der Waals surface area (Å²) in [6.07, 6.45) is 4.56. The molecule has 0 radical (unpaired) electrons. The summed E-state index contributed by atoms with van der Waals surface area (Å²) in [7, 11) is 0. The Morgan fingerprint density at radius 3 is 3.00 bits per heavy atom. The Morgan fingerprint density at radius 1 is 1.62 bits per heavy atom. The van der Waals surface area contributed by atoms with Crippen molar-refractivity contribution in [3.63, 3.8) is 0 Å². The van der Waals surface area contributed by atoms with Crippen LogP contribution in [0.3, 0.4) is 0 Å². The van der Waals surface area contributed by atoms with E-state index >= 15 is 0 Å². The number of aryl methyl sites for hydroxylation is 1. The van der Waals surface area contributed by atoms with Gasteiger partial charge in [0.05, 0.1) is 19.0 Å². The van der Waals surface area contributed by atoms with E-state index < -0.39 is 0 Å².